The number of nitrogens with zero attached hydrogens (tertiary/aromatic N) is 3. The Kier molecular flexibility index (Phi) is 4.91. The van der Waals surface area contributed by atoms with Crippen molar-refractivity contribution in [1.82, 2.24) is 20.6 Å². The smallest absolute Gasteiger partial charge is 0.308 e. The molecule has 24 heavy (non-hydrogen) atoms. The molecule has 0 aliphatic carbocycles. The summed E-state index contributed by atoms with van der Waals surface area (Å²) in [6.45, 7) is 1.99. The zero-order valence-corrected chi connectivity index (χ0v) is 15.6. The molecule has 0 fully saturated rings. The number of hydrogen-bond donors (Lipinski definition) is 3. The number of H-pyrrole nitrogens is 1. The Labute approximate surface area is 154 Å². The molecule has 7 nitrogen and oxygen atoms in total. The van der Waals surface area contributed by atoms with Gasteiger partial charge in [-0.05, 0) is 52.3 Å². The van der Waals surface area contributed by atoms with Crippen LogP contribution in [0.1, 0.15) is 5.56 Å². The molecule has 0 bridgehead atoms. The molecule has 0 aliphatic heterocycles. The molecule has 0 saturated carbocycles. The largest absolute Gasteiger partial charge is 0.323 e. The molecule has 1 aromatic heterocycles. The summed E-state index contributed by atoms with van der Waals surface area (Å²) in [6, 6.07) is 10.8. The van der Waals surface area contributed by atoms with E-state index in [4.69, 9.17) is 0 Å². The van der Waals surface area contributed by atoms with Crippen LogP contribution >= 0.6 is 31.9 Å². The summed E-state index contributed by atoms with van der Waals surface area (Å²) < 4.78 is 1.51. The summed E-state index contributed by atoms with van der Waals surface area (Å²) in [6.07, 6.45) is 0. The lowest BCUT2D eigenvalue weighted by atomic mass is 10.1. The Balaban J connectivity index is 1.86. The van der Waals surface area contributed by atoms with Gasteiger partial charge < -0.3 is 10.6 Å². The van der Waals surface area contributed by atoms with Crippen LogP contribution in [0.2, 0.25) is 0 Å². The predicted molar refractivity (Wildman–Crippen MR) is 98.8 cm³/mol. The highest BCUT2D eigenvalue weighted by Gasteiger charge is 2.16. The highest BCUT2D eigenvalue weighted by Crippen LogP contribution is 2.35. The fourth-order valence-electron chi connectivity index (χ4n) is 2.07. The Morgan fingerprint density at radius 3 is 2.54 bits per heavy atom. The number of hydrogen-bond acceptors (Lipinski definition) is 4. The number of urea groups is 1. The van der Waals surface area contributed by atoms with Gasteiger partial charge in [0, 0.05) is 20.2 Å². The van der Waals surface area contributed by atoms with E-state index in [9.17, 15) is 4.79 Å². The molecule has 122 valence electrons. The SMILES string of the molecule is Cc1ccc(NC(=O)Nc2c(Br)cc(Br)cc2-c2nn[nH]n2)cc1. The number of amides is 2. The van der Waals surface area contributed by atoms with Crippen LogP contribution in [0.15, 0.2) is 45.3 Å². The normalized spacial score (nSPS) is 10.5. The maximum absolute atomic E-state index is 12.3. The molecule has 3 N–H and O–H groups in total. The highest BCUT2D eigenvalue weighted by molar-refractivity contribution is 9.11. The standard InChI is InChI=1S/C15H12Br2N6O/c1-8-2-4-10(5-3-8)18-15(24)19-13-11(14-20-22-23-21-14)6-9(16)7-12(13)17/h2-7H,1H3,(H2,18,19,24)(H,20,21,22,23). The molecular formula is C15H12Br2N6O. The van der Waals surface area contributed by atoms with Crippen molar-refractivity contribution in [2.24, 2.45) is 0 Å². The van der Waals surface area contributed by atoms with Crippen LogP contribution in [-0.4, -0.2) is 26.7 Å². The van der Waals surface area contributed by atoms with Crippen LogP contribution in [0, 0.1) is 6.92 Å². The average molecular weight is 452 g/mol. The molecule has 0 saturated heterocycles. The van der Waals surface area contributed by atoms with E-state index in [1.165, 1.54) is 0 Å². The Morgan fingerprint density at radius 2 is 1.88 bits per heavy atom. The maximum atomic E-state index is 12.3. The van der Waals surface area contributed by atoms with E-state index in [2.05, 4.69) is 63.1 Å². The number of aromatic amines is 1. The van der Waals surface area contributed by atoms with Gasteiger partial charge in [0.25, 0.3) is 0 Å². The van der Waals surface area contributed by atoms with Crippen molar-refractivity contribution in [3.8, 4) is 11.4 Å². The van der Waals surface area contributed by atoms with Crippen molar-refractivity contribution < 1.29 is 4.79 Å². The molecule has 0 unspecified atom stereocenters. The van der Waals surface area contributed by atoms with E-state index < -0.39 is 0 Å². The van der Waals surface area contributed by atoms with Gasteiger partial charge >= 0.3 is 6.03 Å². The van der Waals surface area contributed by atoms with Gasteiger partial charge in [-0.25, -0.2) is 4.79 Å². The fourth-order valence-corrected chi connectivity index (χ4v) is 3.39. The monoisotopic (exact) mass is 450 g/mol. The van der Waals surface area contributed by atoms with E-state index in [0.29, 0.717) is 27.2 Å². The van der Waals surface area contributed by atoms with Crippen LogP contribution < -0.4 is 10.6 Å². The van der Waals surface area contributed by atoms with Crippen molar-refractivity contribution in [1.29, 1.82) is 0 Å². The Hall–Kier alpha value is -2.26. The third-order valence-electron chi connectivity index (χ3n) is 3.19. The topological polar surface area (TPSA) is 95.6 Å². The molecule has 3 aromatic rings. The second-order valence-electron chi connectivity index (χ2n) is 4.99. The maximum Gasteiger partial charge on any atom is 0.323 e. The zero-order chi connectivity index (χ0) is 17.1. The Morgan fingerprint density at radius 1 is 1.12 bits per heavy atom. The second-order valence-corrected chi connectivity index (χ2v) is 6.76. The number of tetrazole rings is 1. The van der Waals surface area contributed by atoms with E-state index >= 15 is 0 Å². The van der Waals surface area contributed by atoms with Crippen molar-refractivity contribution in [3.63, 3.8) is 0 Å². The molecule has 0 atom stereocenters. The quantitative estimate of drug-likeness (QED) is 0.551. The summed E-state index contributed by atoms with van der Waals surface area (Å²) in [7, 11) is 0. The molecule has 2 aromatic carbocycles. The van der Waals surface area contributed by atoms with Crippen molar-refractivity contribution in [3.05, 3.63) is 50.9 Å². The second kappa shape index (κ2) is 7.10. The highest BCUT2D eigenvalue weighted by atomic mass is 79.9. The van der Waals surface area contributed by atoms with Gasteiger partial charge in [-0.15, -0.1) is 10.2 Å². The van der Waals surface area contributed by atoms with Gasteiger partial charge in [0.1, 0.15) is 0 Å². The third-order valence-corrected chi connectivity index (χ3v) is 4.27. The molecule has 2 amide bonds. The number of carbonyl (C=O) groups is 1. The number of nitrogens with one attached hydrogen (secondary N) is 3. The van der Waals surface area contributed by atoms with Crippen LogP contribution in [0.5, 0.6) is 0 Å². The zero-order valence-electron chi connectivity index (χ0n) is 12.5. The lowest BCUT2D eigenvalue weighted by molar-refractivity contribution is 0.262. The fraction of sp³-hybridized carbons (Fsp3) is 0.0667. The third kappa shape index (κ3) is 3.80. The molecule has 0 radical (unpaired) electrons. The number of halogens is 2. The first-order valence-corrected chi connectivity index (χ1v) is 8.49. The van der Waals surface area contributed by atoms with Crippen LogP contribution in [0.3, 0.4) is 0 Å². The minimum absolute atomic E-state index is 0.369. The molecule has 9 heteroatoms. The van der Waals surface area contributed by atoms with Gasteiger partial charge in [0.05, 0.1) is 5.69 Å². The van der Waals surface area contributed by atoms with Gasteiger partial charge in [0.2, 0.25) is 5.82 Å². The lowest BCUT2D eigenvalue weighted by Crippen LogP contribution is -2.20. The Bertz CT molecular complexity index is 864. The minimum Gasteiger partial charge on any atom is -0.308 e. The van der Waals surface area contributed by atoms with Gasteiger partial charge in [0.15, 0.2) is 0 Å². The van der Waals surface area contributed by atoms with Crippen molar-refractivity contribution in [2.45, 2.75) is 6.92 Å². The molecule has 0 spiro atoms. The number of carbonyl (C=O) groups excluding carboxylic acids is 1. The summed E-state index contributed by atoms with van der Waals surface area (Å²) in [5, 5.41) is 19.5. The first-order chi connectivity index (χ1) is 11.5. The molecular weight excluding hydrogens is 440 g/mol. The molecule has 0 aliphatic rings. The lowest BCUT2D eigenvalue weighted by Gasteiger charge is -2.13. The van der Waals surface area contributed by atoms with Crippen molar-refractivity contribution in [2.75, 3.05) is 10.6 Å². The summed E-state index contributed by atoms with van der Waals surface area (Å²) >= 11 is 6.86. The number of rotatable bonds is 3. The predicted octanol–water partition coefficient (Wildman–Crippen LogP) is 4.34. The van der Waals surface area contributed by atoms with Crippen molar-refractivity contribution >= 4 is 49.3 Å². The van der Waals surface area contributed by atoms with Gasteiger partial charge in [-0.1, -0.05) is 33.6 Å². The van der Waals surface area contributed by atoms with E-state index in [1.807, 2.05) is 37.3 Å². The van der Waals surface area contributed by atoms with Crippen LogP contribution in [-0.2, 0) is 0 Å². The van der Waals surface area contributed by atoms with E-state index in [1.54, 1.807) is 6.07 Å². The first kappa shape index (κ1) is 16.6. The van der Waals surface area contributed by atoms with E-state index in [-0.39, 0.29) is 6.03 Å². The van der Waals surface area contributed by atoms with Gasteiger partial charge in [-0.3, -0.25) is 0 Å². The van der Waals surface area contributed by atoms with Crippen LogP contribution in [0.25, 0.3) is 11.4 Å². The summed E-state index contributed by atoms with van der Waals surface area (Å²) in [4.78, 5) is 12.3. The van der Waals surface area contributed by atoms with E-state index in [0.717, 1.165) is 10.0 Å². The number of aryl methyl sites for hydroxylation is 1. The minimum atomic E-state index is -0.369. The summed E-state index contributed by atoms with van der Waals surface area (Å²) in [5.74, 6) is 0.377. The first-order valence-electron chi connectivity index (χ1n) is 6.90. The summed E-state index contributed by atoms with van der Waals surface area (Å²) in [5.41, 5.74) is 3.00. The number of aromatic nitrogens is 4. The molecule has 3 rings (SSSR count). The number of anilines is 2. The number of benzene rings is 2. The molecule has 1 heterocycles. The average Bonchev–Trinajstić information content (AvgIpc) is 3.06. The van der Waals surface area contributed by atoms with Crippen LogP contribution in [0.4, 0.5) is 16.2 Å². The van der Waals surface area contributed by atoms with Gasteiger partial charge in [-0.2, -0.15) is 5.21 Å².